The maximum absolute atomic E-state index is 10.3. The number of ether oxygens (including phenoxy) is 1. The minimum Gasteiger partial charge on any atom is -0.478 e. The van der Waals surface area contributed by atoms with Gasteiger partial charge in [-0.1, -0.05) is 64.4 Å². The van der Waals surface area contributed by atoms with Crippen LogP contribution in [0.2, 0.25) is 0 Å². The van der Waals surface area contributed by atoms with Gasteiger partial charge in [-0.05, 0) is 25.7 Å². The van der Waals surface area contributed by atoms with Crippen LogP contribution in [0.15, 0.2) is 12.2 Å². The molecule has 0 bridgehead atoms. The highest BCUT2D eigenvalue weighted by Gasteiger charge is 2.36. The topological polar surface area (TPSA) is 49.8 Å². The number of carboxylic acid groups (broad SMARTS) is 1. The second kappa shape index (κ2) is 11.8. The zero-order valence-corrected chi connectivity index (χ0v) is 13.6. The number of hydrogen-bond acceptors (Lipinski definition) is 2. The predicted octanol–water partition coefficient (Wildman–Crippen LogP) is 5.10. The van der Waals surface area contributed by atoms with Crippen LogP contribution >= 0.6 is 0 Å². The van der Waals surface area contributed by atoms with Crippen LogP contribution in [0.25, 0.3) is 0 Å². The number of aliphatic carboxylic acids is 1. The second-order valence-electron chi connectivity index (χ2n) is 6.15. The molecule has 122 valence electrons. The Labute approximate surface area is 129 Å². The molecule has 1 aliphatic rings. The largest absolute Gasteiger partial charge is 0.478 e. The number of hydrogen-bond donors (Lipinski definition) is 1. The Morgan fingerprint density at radius 2 is 1.52 bits per heavy atom. The van der Waals surface area contributed by atoms with Crippen molar-refractivity contribution in [3.05, 3.63) is 12.2 Å². The van der Waals surface area contributed by atoms with Gasteiger partial charge in [0.05, 0.1) is 12.2 Å². The van der Waals surface area contributed by atoms with Gasteiger partial charge in [-0.25, -0.2) is 4.79 Å². The fraction of sp³-hybridized carbons (Fsp3) is 0.833. The molecule has 3 heteroatoms. The number of epoxide rings is 1. The van der Waals surface area contributed by atoms with E-state index in [0.717, 1.165) is 12.8 Å². The summed E-state index contributed by atoms with van der Waals surface area (Å²) in [5.74, 6) is -0.842. The average molecular weight is 296 g/mol. The lowest BCUT2D eigenvalue weighted by Crippen LogP contribution is -1.94. The molecule has 1 rings (SSSR count). The minimum atomic E-state index is -0.842. The van der Waals surface area contributed by atoms with E-state index in [1.165, 1.54) is 70.3 Å². The van der Waals surface area contributed by atoms with E-state index in [4.69, 9.17) is 9.84 Å². The lowest BCUT2D eigenvalue weighted by Gasteiger charge is -2.00. The van der Waals surface area contributed by atoms with Gasteiger partial charge in [0.2, 0.25) is 0 Å². The van der Waals surface area contributed by atoms with Crippen LogP contribution in [-0.2, 0) is 9.53 Å². The summed E-state index contributed by atoms with van der Waals surface area (Å²) in [6.07, 6.45) is 19.0. The van der Waals surface area contributed by atoms with Crippen molar-refractivity contribution < 1.29 is 14.6 Å². The Morgan fingerprint density at radius 1 is 0.952 bits per heavy atom. The summed E-state index contributed by atoms with van der Waals surface area (Å²) in [6, 6.07) is 0. The van der Waals surface area contributed by atoms with Crippen LogP contribution in [0.3, 0.4) is 0 Å². The van der Waals surface area contributed by atoms with E-state index in [1.54, 1.807) is 6.08 Å². The fourth-order valence-corrected chi connectivity index (χ4v) is 2.78. The normalized spacial score (nSPS) is 21.0. The van der Waals surface area contributed by atoms with E-state index in [9.17, 15) is 4.79 Å². The highest BCUT2D eigenvalue weighted by molar-refractivity contribution is 5.79. The van der Waals surface area contributed by atoms with Gasteiger partial charge in [0, 0.05) is 6.08 Å². The van der Waals surface area contributed by atoms with E-state index in [0.29, 0.717) is 12.2 Å². The summed E-state index contributed by atoms with van der Waals surface area (Å²) in [6.45, 7) is 2.24. The molecule has 0 aromatic carbocycles. The van der Waals surface area contributed by atoms with Crippen molar-refractivity contribution in [2.24, 2.45) is 0 Å². The Morgan fingerprint density at radius 3 is 2.14 bits per heavy atom. The third-order valence-electron chi connectivity index (χ3n) is 4.15. The molecular formula is C18H32O3. The zero-order valence-electron chi connectivity index (χ0n) is 13.6. The van der Waals surface area contributed by atoms with Crippen molar-refractivity contribution >= 4 is 5.97 Å². The van der Waals surface area contributed by atoms with E-state index >= 15 is 0 Å². The van der Waals surface area contributed by atoms with Gasteiger partial charge in [-0.2, -0.15) is 0 Å². The molecule has 0 aromatic heterocycles. The molecule has 1 aliphatic heterocycles. The summed E-state index contributed by atoms with van der Waals surface area (Å²) < 4.78 is 5.70. The molecule has 0 saturated carbocycles. The first-order valence-corrected chi connectivity index (χ1v) is 8.79. The van der Waals surface area contributed by atoms with E-state index < -0.39 is 5.97 Å². The molecule has 2 unspecified atom stereocenters. The molecule has 1 N–H and O–H groups in total. The first-order chi connectivity index (χ1) is 10.2. The molecule has 0 radical (unpaired) electrons. The van der Waals surface area contributed by atoms with Gasteiger partial charge < -0.3 is 9.84 Å². The van der Waals surface area contributed by atoms with Gasteiger partial charge in [-0.15, -0.1) is 0 Å². The van der Waals surface area contributed by atoms with Crippen LogP contribution in [0, 0.1) is 0 Å². The third kappa shape index (κ3) is 10.5. The standard InChI is InChI=1S/C18H32O3/c1-2-3-10-13-16-17(21-16)14-11-8-6-4-5-7-9-12-15-18(19)20/h12,15-17H,2-11,13-14H2,1H3,(H,19,20). The molecule has 0 amide bonds. The smallest absolute Gasteiger partial charge is 0.327 e. The number of carboxylic acids is 1. The molecule has 0 aromatic rings. The summed E-state index contributed by atoms with van der Waals surface area (Å²) in [5, 5.41) is 8.45. The van der Waals surface area contributed by atoms with Gasteiger partial charge in [0.15, 0.2) is 0 Å². The number of rotatable bonds is 14. The lowest BCUT2D eigenvalue weighted by molar-refractivity contribution is -0.131. The number of allylic oxidation sites excluding steroid dienone is 1. The molecule has 3 nitrogen and oxygen atoms in total. The van der Waals surface area contributed by atoms with E-state index in [1.807, 2.05) is 0 Å². The molecule has 1 heterocycles. The summed E-state index contributed by atoms with van der Waals surface area (Å²) >= 11 is 0. The first-order valence-electron chi connectivity index (χ1n) is 8.79. The lowest BCUT2D eigenvalue weighted by atomic mass is 10.0. The van der Waals surface area contributed by atoms with Crippen LogP contribution < -0.4 is 0 Å². The minimum absolute atomic E-state index is 0.572. The van der Waals surface area contributed by atoms with Crippen molar-refractivity contribution in [2.45, 2.75) is 96.2 Å². The predicted molar refractivity (Wildman–Crippen MR) is 86.5 cm³/mol. The van der Waals surface area contributed by atoms with Gasteiger partial charge in [0.1, 0.15) is 0 Å². The third-order valence-corrected chi connectivity index (χ3v) is 4.15. The molecule has 2 atom stereocenters. The Kier molecular flexibility index (Phi) is 10.2. The van der Waals surface area contributed by atoms with Crippen molar-refractivity contribution in [3.63, 3.8) is 0 Å². The average Bonchev–Trinajstić information content (AvgIpc) is 3.19. The monoisotopic (exact) mass is 296 g/mol. The van der Waals surface area contributed by atoms with Crippen LogP contribution in [0.1, 0.15) is 84.0 Å². The molecule has 1 fully saturated rings. The fourth-order valence-electron chi connectivity index (χ4n) is 2.78. The maximum Gasteiger partial charge on any atom is 0.327 e. The van der Waals surface area contributed by atoms with Crippen LogP contribution in [0.4, 0.5) is 0 Å². The van der Waals surface area contributed by atoms with Gasteiger partial charge >= 0.3 is 5.97 Å². The van der Waals surface area contributed by atoms with Crippen molar-refractivity contribution in [2.75, 3.05) is 0 Å². The summed E-state index contributed by atoms with van der Waals surface area (Å²) in [7, 11) is 0. The molecule has 21 heavy (non-hydrogen) atoms. The number of carbonyl (C=O) groups is 1. The molecule has 1 saturated heterocycles. The second-order valence-corrected chi connectivity index (χ2v) is 6.15. The zero-order chi connectivity index (χ0) is 15.3. The van der Waals surface area contributed by atoms with Gasteiger partial charge in [-0.3, -0.25) is 0 Å². The van der Waals surface area contributed by atoms with Crippen molar-refractivity contribution in [3.8, 4) is 0 Å². The Bertz CT molecular complexity index is 299. The SMILES string of the molecule is CCCCCC1OC1CCCCCCCCC=CC(=O)O. The first kappa shape index (κ1) is 18.2. The van der Waals surface area contributed by atoms with Crippen molar-refractivity contribution in [1.82, 2.24) is 0 Å². The number of unbranched alkanes of at least 4 members (excludes halogenated alkanes) is 8. The summed E-state index contributed by atoms with van der Waals surface area (Å²) in [5.41, 5.74) is 0. The Hall–Kier alpha value is -0.830. The molecular weight excluding hydrogens is 264 g/mol. The maximum atomic E-state index is 10.3. The van der Waals surface area contributed by atoms with E-state index in [2.05, 4.69) is 6.92 Å². The van der Waals surface area contributed by atoms with Gasteiger partial charge in [0.25, 0.3) is 0 Å². The van der Waals surface area contributed by atoms with Crippen LogP contribution in [-0.4, -0.2) is 23.3 Å². The molecule has 0 spiro atoms. The van der Waals surface area contributed by atoms with Crippen molar-refractivity contribution in [1.29, 1.82) is 0 Å². The summed E-state index contributed by atoms with van der Waals surface area (Å²) in [4.78, 5) is 10.3. The van der Waals surface area contributed by atoms with E-state index in [-0.39, 0.29) is 0 Å². The highest BCUT2D eigenvalue weighted by Crippen LogP contribution is 2.31. The van der Waals surface area contributed by atoms with Crippen LogP contribution in [0.5, 0.6) is 0 Å². The molecule has 0 aliphatic carbocycles. The quantitative estimate of drug-likeness (QED) is 0.276. The highest BCUT2D eigenvalue weighted by atomic mass is 16.6. The Balaban J connectivity index is 1.77.